The number of carbonyl (C=O) groups is 1. The molecule has 1 heterocycles. The van der Waals surface area contributed by atoms with Crippen LogP contribution in [0.3, 0.4) is 0 Å². The summed E-state index contributed by atoms with van der Waals surface area (Å²) in [6.07, 6.45) is 2.50. The van der Waals surface area contributed by atoms with Gasteiger partial charge in [-0.25, -0.2) is 4.39 Å². The number of ketones is 1. The summed E-state index contributed by atoms with van der Waals surface area (Å²) in [4.78, 5) is 24.6. The smallest absolute Gasteiger partial charge is 0.192 e. The number of aromatic nitrogens is 1. The molecule has 3 nitrogen and oxygen atoms in total. The van der Waals surface area contributed by atoms with E-state index in [9.17, 15) is 14.0 Å². The van der Waals surface area contributed by atoms with Gasteiger partial charge in [-0.2, -0.15) is 0 Å². The van der Waals surface area contributed by atoms with E-state index in [0.717, 1.165) is 40.0 Å². The van der Waals surface area contributed by atoms with Crippen LogP contribution in [0.2, 0.25) is 0 Å². The molecule has 0 bridgehead atoms. The molecule has 1 aromatic heterocycles. The Hall–Kier alpha value is -3.53. The zero-order valence-corrected chi connectivity index (χ0v) is 18.1. The van der Waals surface area contributed by atoms with Gasteiger partial charge in [0, 0.05) is 24.5 Å². The molecule has 3 aromatic rings. The van der Waals surface area contributed by atoms with Gasteiger partial charge in [0.2, 0.25) is 0 Å². The van der Waals surface area contributed by atoms with Gasteiger partial charge in [0.1, 0.15) is 5.82 Å². The van der Waals surface area contributed by atoms with Crippen LogP contribution in [0, 0.1) is 5.82 Å². The van der Waals surface area contributed by atoms with Crippen LogP contribution in [0.5, 0.6) is 0 Å². The summed E-state index contributed by atoms with van der Waals surface area (Å²) in [5, 5.41) is 0. The summed E-state index contributed by atoms with van der Waals surface area (Å²) in [6.45, 7) is 10.4. The Bertz CT molecular complexity index is 1200. The molecule has 0 N–H and O–H groups in total. The number of Topliss-reactive ketones (excluding diaryl/α,β-unsaturated/α-hetero) is 1. The minimum absolute atomic E-state index is 0.184. The van der Waals surface area contributed by atoms with Crippen LogP contribution >= 0.6 is 0 Å². The van der Waals surface area contributed by atoms with E-state index in [1.54, 1.807) is 18.3 Å². The van der Waals surface area contributed by atoms with E-state index in [0.29, 0.717) is 6.54 Å². The summed E-state index contributed by atoms with van der Waals surface area (Å²) >= 11 is 0. The molecule has 31 heavy (non-hydrogen) atoms. The summed E-state index contributed by atoms with van der Waals surface area (Å²) in [5.41, 5.74) is 4.82. The Morgan fingerprint density at radius 2 is 1.65 bits per heavy atom. The average Bonchev–Trinajstić information content (AvgIpc) is 2.76. The molecule has 0 fully saturated rings. The predicted molar refractivity (Wildman–Crippen MR) is 125 cm³/mol. The Balaban J connectivity index is 2.29. The highest BCUT2D eigenvalue weighted by Crippen LogP contribution is 2.36. The fraction of sp³-hybridized carbons (Fsp3) is 0.185. The van der Waals surface area contributed by atoms with Crippen molar-refractivity contribution in [3.05, 3.63) is 112 Å². The summed E-state index contributed by atoms with van der Waals surface area (Å²) in [7, 11) is 0. The highest BCUT2D eigenvalue weighted by Gasteiger charge is 2.17. The fourth-order valence-corrected chi connectivity index (χ4v) is 3.73. The number of pyridine rings is 1. The molecule has 0 saturated carbocycles. The Morgan fingerprint density at radius 3 is 2.23 bits per heavy atom. The molecule has 0 spiro atoms. The number of hydrogen-bond donors (Lipinski definition) is 0. The van der Waals surface area contributed by atoms with Crippen LogP contribution in [-0.4, -0.2) is 10.4 Å². The quantitative estimate of drug-likeness (QED) is 0.338. The SMILES string of the molecule is C=C(/C(=C(\C)c1cc(=O)c(C(C)=O)cn1CCC)c1ccccc1)c1ccc(F)cc1. The molecule has 0 radical (unpaired) electrons. The van der Waals surface area contributed by atoms with Crippen molar-refractivity contribution < 1.29 is 9.18 Å². The van der Waals surface area contributed by atoms with Gasteiger partial charge >= 0.3 is 0 Å². The van der Waals surface area contributed by atoms with Gasteiger partial charge in [-0.3, -0.25) is 9.59 Å². The molecule has 0 amide bonds. The number of halogens is 1. The van der Waals surface area contributed by atoms with Crippen LogP contribution in [0.25, 0.3) is 16.7 Å². The molecular weight excluding hydrogens is 389 g/mol. The maximum absolute atomic E-state index is 13.5. The topological polar surface area (TPSA) is 39.1 Å². The Morgan fingerprint density at radius 1 is 1.00 bits per heavy atom. The zero-order valence-electron chi connectivity index (χ0n) is 18.1. The number of benzene rings is 2. The van der Waals surface area contributed by atoms with E-state index in [2.05, 4.69) is 6.58 Å². The molecule has 4 heteroatoms. The minimum atomic E-state index is -0.310. The lowest BCUT2D eigenvalue weighted by Crippen LogP contribution is -2.19. The highest BCUT2D eigenvalue weighted by atomic mass is 19.1. The third-order valence-electron chi connectivity index (χ3n) is 5.29. The van der Waals surface area contributed by atoms with Crippen molar-refractivity contribution >= 4 is 22.5 Å². The first-order valence-corrected chi connectivity index (χ1v) is 10.3. The summed E-state index contributed by atoms with van der Waals surface area (Å²) in [6, 6.07) is 17.5. The van der Waals surface area contributed by atoms with Gasteiger partial charge in [-0.1, -0.05) is 56.0 Å². The second-order valence-corrected chi connectivity index (χ2v) is 7.54. The first kappa shape index (κ1) is 22.2. The van der Waals surface area contributed by atoms with Crippen LogP contribution in [0.15, 0.2) is 78.2 Å². The van der Waals surface area contributed by atoms with E-state index < -0.39 is 0 Å². The highest BCUT2D eigenvalue weighted by molar-refractivity contribution is 6.13. The van der Waals surface area contributed by atoms with Crippen molar-refractivity contribution in [2.75, 3.05) is 0 Å². The number of allylic oxidation sites excluding steroid dienone is 3. The molecule has 3 rings (SSSR count). The van der Waals surface area contributed by atoms with E-state index in [1.165, 1.54) is 25.1 Å². The first-order chi connectivity index (χ1) is 14.8. The molecule has 2 aromatic carbocycles. The second-order valence-electron chi connectivity index (χ2n) is 7.54. The Labute approximate surface area is 182 Å². The number of nitrogens with zero attached hydrogens (tertiary/aromatic N) is 1. The standard InChI is InChI=1S/C27H26FNO2/c1-5-15-29-17-24(20(4)30)26(31)16-25(29)19(3)27(22-9-7-6-8-10-22)18(2)21-11-13-23(28)14-12-21/h6-14,16-17H,2,5,15H2,1,3-4H3/b27-19-. The van der Waals surface area contributed by atoms with E-state index in [1.807, 2.05) is 48.7 Å². The van der Waals surface area contributed by atoms with Crippen molar-refractivity contribution in [1.29, 1.82) is 0 Å². The largest absolute Gasteiger partial charge is 0.347 e. The van der Waals surface area contributed by atoms with Crippen molar-refractivity contribution in [2.45, 2.75) is 33.7 Å². The van der Waals surface area contributed by atoms with Gasteiger partial charge in [-0.15, -0.1) is 0 Å². The fourth-order valence-electron chi connectivity index (χ4n) is 3.73. The third kappa shape index (κ3) is 4.80. The maximum atomic E-state index is 13.5. The van der Waals surface area contributed by atoms with Gasteiger partial charge in [0.15, 0.2) is 11.2 Å². The third-order valence-corrected chi connectivity index (χ3v) is 5.29. The van der Waals surface area contributed by atoms with Crippen molar-refractivity contribution in [2.24, 2.45) is 0 Å². The van der Waals surface area contributed by atoms with Gasteiger partial charge in [0.05, 0.1) is 5.56 Å². The van der Waals surface area contributed by atoms with Crippen LogP contribution < -0.4 is 5.43 Å². The lowest BCUT2D eigenvalue weighted by atomic mass is 9.88. The minimum Gasteiger partial charge on any atom is -0.347 e. The molecular formula is C27H26FNO2. The zero-order chi connectivity index (χ0) is 22.5. The molecule has 158 valence electrons. The van der Waals surface area contributed by atoms with Gasteiger partial charge in [-0.05, 0) is 60.2 Å². The normalized spacial score (nSPS) is 11.7. The maximum Gasteiger partial charge on any atom is 0.192 e. The summed E-state index contributed by atoms with van der Waals surface area (Å²) in [5.74, 6) is -0.558. The molecule has 0 atom stereocenters. The Kier molecular flexibility index (Phi) is 6.81. The monoisotopic (exact) mass is 415 g/mol. The van der Waals surface area contributed by atoms with Crippen molar-refractivity contribution in [3.8, 4) is 0 Å². The molecule has 0 aliphatic heterocycles. The van der Waals surface area contributed by atoms with Crippen molar-refractivity contribution in [3.63, 3.8) is 0 Å². The summed E-state index contributed by atoms with van der Waals surface area (Å²) < 4.78 is 15.4. The van der Waals surface area contributed by atoms with Crippen LogP contribution in [0.4, 0.5) is 4.39 Å². The predicted octanol–water partition coefficient (Wildman–Crippen LogP) is 6.24. The van der Waals surface area contributed by atoms with E-state index >= 15 is 0 Å². The van der Waals surface area contributed by atoms with E-state index in [4.69, 9.17) is 0 Å². The number of carbonyl (C=O) groups excluding carboxylic acids is 1. The van der Waals surface area contributed by atoms with Gasteiger partial charge < -0.3 is 4.57 Å². The molecule has 0 unspecified atom stereocenters. The molecule has 0 aliphatic rings. The number of rotatable bonds is 7. The lowest BCUT2D eigenvalue weighted by molar-refractivity contribution is 0.101. The van der Waals surface area contributed by atoms with Crippen LogP contribution in [-0.2, 0) is 6.54 Å². The molecule has 0 aliphatic carbocycles. The lowest BCUT2D eigenvalue weighted by Gasteiger charge is -2.20. The first-order valence-electron chi connectivity index (χ1n) is 10.3. The van der Waals surface area contributed by atoms with E-state index in [-0.39, 0.29) is 22.6 Å². The number of hydrogen-bond acceptors (Lipinski definition) is 2. The van der Waals surface area contributed by atoms with Gasteiger partial charge in [0.25, 0.3) is 0 Å². The number of aryl methyl sites for hydroxylation is 1. The molecule has 0 saturated heterocycles. The van der Waals surface area contributed by atoms with Crippen molar-refractivity contribution in [1.82, 2.24) is 4.57 Å². The van der Waals surface area contributed by atoms with Crippen LogP contribution in [0.1, 0.15) is 54.4 Å². The average molecular weight is 416 g/mol. The second kappa shape index (κ2) is 9.52.